The van der Waals surface area contributed by atoms with E-state index < -0.39 is 46.5 Å². The second kappa shape index (κ2) is 9.58. The molecule has 34 heavy (non-hydrogen) atoms. The number of nitrogens with zero attached hydrogens (tertiary/aromatic N) is 3. The number of alkyl halides is 1. The van der Waals surface area contributed by atoms with Gasteiger partial charge in [-0.2, -0.15) is 17.5 Å². The van der Waals surface area contributed by atoms with Gasteiger partial charge in [-0.15, -0.1) is 0 Å². The van der Waals surface area contributed by atoms with E-state index in [4.69, 9.17) is 8.60 Å². The zero-order valence-corrected chi connectivity index (χ0v) is 18.6. The maximum Gasteiger partial charge on any atom is 0.335 e. The average molecular weight is 497 g/mol. The van der Waals surface area contributed by atoms with Gasteiger partial charge in [0, 0.05) is 43.7 Å². The lowest BCUT2D eigenvalue weighted by molar-refractivity contribution is 0.0248. The second-order valence-corrected chi connectivity index (χ2v) is 9.12. The van der Waals surface area contributed by atoms with E-state index in [-0.39, 0.29) is 29.9 Å². The van der Waals surface area contributed by atoms with Crippen LogP contribution in [-0.2, 0) is 21.0 Å². The SMILES string of the molecule is CNS(=O)(=O)O[C@@H]1C[C@@H](Nc2ncncc2C(=O)c2ccn(Cc3ccc(F)o3)c2)[C@@H](F)[C@@H]1O. The van der Waals surface area contributed by atoms with Crippen molar-refractivity contribution in [2.24, 2.45) is 0 Å². The Morgan fingerprint density at radius 2 is 2.18 bits per heavy atom. The van der Waals surface area contributed by atoms with E-state index in [0.29, 0.717) is 5.76 Å². The number of hydrogen-bond donors (Lipinski definition) is 3. The molecule has 0 aromatic carbocycles. The Bertz CT molecular complexity index is 1280. The van der Waals surface area contributed by atoms with Crippen LogP contribution in [0.3, 0.4) is 0 Å². The lowest BCUT2D eigenvalue weighted by Gasteiger charge is -2.17. The Labute approximate surface area is 193 Å². The Morgan fingerprint density at radius 1 is 1.38 bits per heavy atom. The van der Waals surface area contributed by atoms with Crippen LogP contribution in [0.1, 0.15) is 28.1 Å². The largest absolute Gasteiger partial charge is 0.434 e. The molecule has 14 heteroatoms. The Hall–Kier alpha value is -3.20. The van der Waals surface area contributed by atoms with Gasteiger partial charge >= 0.3 is 10.3 Å². The van der Waals surface area contributed by atoms with Gasteiger partial charge < -0.3 is 19.4 Å². The van der Waals surface area contributed by atoms with Crippen molar-refractivity contribution < 1.29 is 35.7 Å². The molecule has 4 rings (SSSR count). The number of ketones is 1. The minimum atomic E-state index is -4.15. The minimum Gasteiger partial charge on any atom is -0.434 e. The predicted molar refractivity (Wildman–Crippen MR) is 113 cm³/mol. The van der Waals surface area contributed by atoms with Crippen molar-refractivity contribution in [3.8, 4) is 0 Å². The molecule has 11 nitrogen and oxygen atoms in total. The number of hydrogen-bond acceptors (Lipinski definition) is 9. The van der Waals surface area contributed by atoms with Gasteiger partial charge in [0.1, 0.15) is 36.3 Å². The van der Waals surface area contributed by atoms with Crippen LogP contribution in [0.4, 0.5) is 14.6 Å². The zero-order valence-electron chi connectivity index (χ0n) is 17.8. The number of anilines is 1. The first kappa shape index (κ1) is 23.9. The molecule has 4 atom stereocenters. The summed E-state index contributed by atoms with van der Waals surface area (Å²) in [6, 6.07) is 2.42. The molecule has 0 bridgehead atoms. The van der Waals surface area contributed by atoms with Gasteiger partial charge in [-0.05, 0) is 12.1 Å². The molecule has 0 spiro atoms. The van der Waals surface area contributed by atoms with Gasteiger partial charge in [0.15, 0.2) is 5.78 Å². The molecule has 0 radical (unpaired) electrons. The monoisotopic (exact) mass is 497 g/mol. The number of carbonyl (C=O) groups excluding carboxylic acids is 1. The van der Waals surface area contributed by atoms with Crippen molar-refractivity contribution in [2.45, 2.75) is 37.4 Å². The standard InChI is InChI=1S/C20H21F2N5O6S/c1-23-34(30,31)33-15-6-14(17(22)19(15)29)26-20-13(7-24-10-25-20)18(28)11-4-5-27(8-11)9-12-2-3-16(21)32-12/h2-5,7-8,10,14-15,17,19,23,29H,6,9H2,1H3,(H,24,25,26)/t14-,15-,17-,19-/m1/s1. The van der Waals surface area contributed by atoms with Gasteiger partial charge in [0.05, 0.1) is 18.2 Å². The van der Waals surface area contributed by atoms with Gasteiger partial charge in [0.2, 0.25) is 0 Å². The second-order valence-electron chi connectivity index (χ2n) is 7.61. The number of aliphatic hydroxyl groups excluding tert-OH is 1. The van der Waals surface area contributed by atoms with E-state index >= 15 is 0 Å². The van der Waals surface area contributed by atoms with E-state index in [1.54, 1.807) is 16.8 Å². The van der Waals surface area contributed by atoms with Crippen molar-refractivity contribution in [3.63, 3.8) is 0 Å². The van der Waals surface area contributed by atoms with Gasteiger partial charge in [-0.3, -0.25) is 8.98 Å². The van der Waals surface area contributed by atoms with Crippen molar-refractivity contribution in [1.29, 1.82) is 0 Å². The molecule has 1 aliphatic carbocycles. The van der Waals surface area contributed by atoms with Crippen LogP contribution in [0.5, 0.6) is 0 Å². The first-order valence-corrected chi connectivity index (χ1v) is 11.5. The Kier molecular flexibility index (Phi) is 6.74. The summed E-state index contributed by atoms with van der Waals surface area (Å²) in [7, 11) is -3.02. The van der Waals surface area contributed by atoms with E-state index in [1.165, 1.54) is 24.5 Å². The fourth-order valence-electron chi connectivity index (χ4n) is 3.64. The molecule has 1 fully saturated rings. The third-order valence-corrected chi connectivity index (χ3v) is 6.34. The fraction of sp³-hybridized carbons (Fsp3) is 0.350. The minimum absolute atomic E-state index is 0.0119. The molecule has 0 aliphatic heterocycles. The molecule has 3 heterocycles. The Morgan fingerprint density at radius 3 is 2.88 bits per heavy atom. The zero-order chi connectivity index (χ0) is 24.5. The molecule has 3 N–H and O–H groups in total. The molecule has 0 saturated heterocycles. The Balaban J connectivity index is 1.49. The molecule has 1 aliphatic rings. The molecule has 3 aromatic rings. The van der Waals surface area contributed by atoms with Crippen molar-refractivity contribution in [1.82, 2.24) is 19.3 Å². The first-order chi connectivity index (χ1) is 16.2. The van der Waals surface area contributed by atoms with Crippen LogP contribution in [0.15, 0.2) is 47.5 Å². The van der Waals surface area contributed by atoms with Gasteiger partial charge in [-0.25, -0.2) is 14.4 Å². The number of nitrogens with one attached hydrogen (secondary N) is 2. The normalized spacial score (nSPS) is 22.7. The summed E-state index contributed by atoms with van der Waals surface area (Å²) < 4.78 is 64.2. The third-order valence-electron chi connectivity index (χ3n) is 5.34. The quantitative estimate of drug-likeness (QED) is 0.369. The molecule has 0 amide bonds. The van der Waals surface area contributed by atoms with Crippen LogP contribution in [0, 0.1) is 6.01 Å². The van der Waals surface area contributed by atoms with Crippen LogP contribution in [-0.4, -0.2) is 65.3 Å². The number of carbonyl (C=O) groups is 1. The van der Waals surface area contributed by atoms with Gasteiger partial charge in [0.25, 0.3) is 6.01 Å². The third kappa shape index (κ3) is 5.14. The van der Waals surface area contributed by atoms with Crippen molar-refractivity contribution in [3.05, 3.63) is 66.0 Å². The molecule has 1 saturated carbocycles. The van der Waals surface area contributed by atoms with E-state index in [1.807, 2.05) is 4.72 Å². The number of rotatable bonds is 9. The fourth-order valence-corrected chi connectivity index (χ4v) is 4.25. The lowest BCUT2D eigenvalue weighted by atomic mass is 10.1. The molecule has 0 unspecified atom stereocenters. The summed E-state index contributed by atoms with van der Waals surface area (Å²) >= 11 is 0. The molecule has 3 aromatic heterocycles. The summed E-state index contributed by atoms with van der Waals surface area (Å²) in [5.74, 6) is -0.0897. The molecular weight excluding hydrogens is 476 g/mol. The summed E-state index contributed by atoms with van der Waals surface area (Å²) in [4.78, 5) is 21.0. The first-order valence-electron chi connectivity index (χ1n) is 10.1. The highest BCUT2D eigenvalue weighted by atomic mass is 32.2. The highest BCUT2D eigenvalue weighted by molar-refractivity contribution is 7.84. The van der Waals surface area contributed by atoms with Crippen molar-refractivity contribution >= 4 is 21.9 Å². The number of halogens is 2. The maximum atomic E-state index is 14.7. The van der Waals surface area contributed by atoms with E-state index in [9.17, 15) is 27.1 Å². The average Bonchev–Trinajstić information content (AvgIpc) is 3.51. The van der Waals surface area contributed by atoms with Crippen LogP contribution >= 0.6 is 0 Å². The smallest absolute Gasteiger partial charge is 0.335 e. The van der Waals surface area contributed by atoms with Crippen LogP contribution in [0.2, 0.25) is 0 Å². The van der Waals surface area contributed by atoms with E-state index in [2.05, 4.69) is 15.3 Å². The van der Waals surface area contributed by atoms with Crippen LogP contribution < -0.4 is 10.0 Å². The topological polar surface area (TPSA) is 149 Å². The highest BCUT2D eigenvalue weighted by Crippen LogP contribution is 2.30. The lowest BCUT2D eigenvalue weighted by Crippen LogP contribution is -2.35. The highest BCUT2D eigenvalue weighted by Gasteiger charge is 2.46. The summed E-state index contributed by atoms with van der Waals surface area (Å²) in [5.41, 5.74) is 0.313. The number of furan rings is 1. The van der Waals surface area contributed by atoms with Crippen molar-refractivity contribution in [2.75, 3.05) is 12.4 Å². The molecular formula is C20H21F2N5O6S. The van der Waals surface area contributed by atoms with Gasteiger partial charge in [-0.1, -0.05) is 0 Å². The molecule has 182 valence electrons. The van der Waals surface area contributed by atoms with E-state index in [0.717, 1.165) is 13.4 Å². The summed E-state index contributed by atoms with van der Waals surface area (Å²) in [6.45, 7) is 0.202. The predicted octanol–water partition coefficient (Wildman–Crippen LogP) is 1.02. The summed E-state index contributed by atoms with van der Waals surface area (Å²) in [6.07, 6.45) is 0.445. The maximum absolute atomic E-state index is 14.7. The number of aliphatic hydroxyl groups is 1. The summed E-state index contributed by atoms with van der Waals surface area (Å²) in [5, 5.41) is 12.8. The number of aromatic nitrogens is 3. The van der Waals surface area contributed by atoms with Crippen LogP contribution in [0.25, 0.3) is 0 Å².